The van der Waals surface area contributed by atoms with Gasteiger partial charge >= 0.3 is 7.60 Å². The van der Waals surface area contributed by atoms with Crippen LogP contribution in [-0.4, -0.2) is 125 Å². The normalized spacial score (nSPS) is 19.1. The first-order chi connectivity index (χ1) is 40.7. The second-order valence-electron chi connectivity index (χ2n) is 23.4. The summed E-state index contributed by atoms with van der Waals surface area (Å²) < 4.78 is 17.9. The molecule has 0 radical (unpaired) electrons. The molecule has 8 atom stereocenters. The van der Waals surface area contributed by atoms with Crippen molar-refractivity contribution in [2.45, 2.75) is 141 Å². The number of benzene rings is 4. The zero-order valence-corrected chi connectivity index (χ0v) is 50.6. The van der Waals surface area contributed by atoms with E-state index in [0.29, 0.717) is 41.4 Å². The number of β-amino-alcohol motifs (C(OH)–C–C–N with tert-alkyl or cyclic N) is 1. The van der Waals surface area contributed by atoms with Gasteiger partial charge < -0.3 is 56.3 Å². The molecule has 456 valence electrons. The summed E-state index contributed by atoms with van der Waals surface area (Å²) in [6.07, 6.45) is -0.872. The van der Waals surface area contributed by atoms with Gasteiger partial charge in [-0.2, -0.15) is 0 Å². The number of amides is 6. The minimum Gasteiger partial charge on any atom is -0.490 e. The van der Waals surface area contributed by atoms with E-state index >= 15 is 0 Å². The van der Waals surface area contributed by atoms with E-state index in [1.165, 1.54) is 34.1 Å². The molecule has 5 heterocycles. The number of rotatable bonds is 23. The number of primary amides is 1. The molecule has 0 aliphatic carbocycles. The number of likely N-dealkylation sites (tertiary alicyclic amines) is 1. The summed E-state index contributed by atoms with van der Waals surface area (Å²) >= 11 is 8.48. The van der Waals surface area contributed by atoms with Crippen molar-refractivity contribution in [2.75, 3.05) is 18.1 Å². The molecule has 22 nitrogen and oxygen atoms in total. The lowest BCUT2D eigenvalue weighted by Gasteiger charge is -2.35. The Hall–Kier alpha value is -7.34. The molecule has 86 heavy (non-hydrogen) atoms. The van der Waals surface area contributed by atoms with E-state index in [-0.39, 0.29) is 73.7 Å². The Bertz CT molecular complexity index is 3620. The number of aliphatic hydroxyl groups excluding tert-OH is 2. The van der Waals surface area contributed by atoms with Crippen molar-refractivity contribution in [3.05, 3.63) is 135 Å². The molecular weight excluding hydrogens is 1170 g/mol. The van der Waals surface area contributed by atoms with E-state index in [1.54, 1.807) is 35.0 Å². The van der Waals surface area contributed by atoms with Crippen molar-refractivity contribution in [1.82, 2.24) is 36.1 Å². The Morgan fingerprint density at radius 3 is 2.36 bits per heavy atom. The molecule has 2 aromatic heterocycles. The minimum absolute atomic E-state index is 0.0119. The van der Waals surface area contributed by atoms with Crippen LogP contribution < -0.4 is 36.6 Å². The van der Waals surface area contributed by atoms with E-state index < -0.39 is 103 Å². The van der Waals surface area contributed by atoms with Crippen LogP contribution in [0.5, 0.6) is 5.75 Å². The van der Waals surface area contributed by atoms with E-state index in [0.717, 1.165) is 32.8 Å². The van der Waals surface area contributed by atoms with Crippen LogP contribution in [-0.2, 0) is 52.6 Å². The van der Waals surface area contributed by atoms with Gasteiger partial charge in [-0.15, -0.1) is 11.3 Å². The summed E-state index contributed by atoms with van der Waals surface area (Å²) in [4.78, 5) is 125. The number of aliphatic hydroxyl groups is 2. The zero-order chi connectivity index (χ0) is 61.9. The number of hydrogen-bond donors (Lipinski definition) is 10. The molecule has 9 rings (SSSR count). The molecule has 1 fully saturated rings. The number of nitrogens with zero attached hydrogens (tertiary/aromatic N) is 3. The molecule has 0 spiro atoms. The molecular formula is C61H71ClN9O13PS. The number of carbonyl (C=O) groups is 7. The standard InChI is InChI=1S/C61H71ClN9O13PS/c1-32(34-15-17-37(18-16-34)53-33(2)64-31-86-53)65-56(76)46-28-42(72)29-70(46)59(79)54(61(3,4)5)69-50(74)14-8-10-35-9-7-13-48(51(35)62)84-30-41(21-24-49(63)73)66-57(77)47-27-38-12-6-11-36-19-23-44(58(78)71(47)52(36)38)68-55(75)45-26-40-25-39(20-22-43(40)67-45)60(80)85(81,82)83/h6-7,9,11-13,15-18,20,22,25-26,31-32,41-42,44,46-47,54-55,67-68,72,75H,8,10,14,19,21,23-24,27-30H2,1-5H3,(H2,63,73)(H,65,76)(H,66,77)(H,69,74)(H2,81,82,83)/t32-,41-,42+,44-,46-,47-,54+,55?/m0/s1. The molecule has 3 aliphatic rings. The van der Waals surface area contributed by atoms with Gasteiger partial charge in [0, 0.05) is 48.7 Å². The SMILES string of the molecule is Cc1ncsc1-c1ccc([C@H](C)NC(=O)[C@@H]2C[C@@H](O)CN2C(=O)[C@@H](NC(=O)CCCc2cccc(OC[C@H](CCC(N)=O)NC(=O)[C@@H]3Cc4cccc5c4N3C(=O)[C@@H](NC(O)c3cc4cc(C(=O)P(=O)(O)O)ccc4[nH]3)CC5)c2Cl)C(C)(C)C)cc1. The van der Waals surface area contributed by atoms with Crippen LogP contribution in [0.25, 0.3) is 21.3 Å². The Morgan fingerprint density at radius 1 is 0.942 bits per heavy atom. The zero-order valence-electron chi connectivity index (χ0n) is 48.2. The number of aromatic amines is 1. The number of fused-ring (bicyclic) bond motifs is 1. The average Bonchev–Trinajstić information content (AvgIpc) is 1.69. The van der Waals surface area contributed by atoms with E-state index in [2.05, 4.69) is 31.2 Å². The maximum atomic E-state index is 14.6. The number of carbonyl (C=O) groups excluding carboxylic acids is 7. The van der Waals surface area contributed by atoms with Crippen molar-refractivity contribution < 1.29 is 62.9 Å². The average molecular weight is 1240 g/mol. The third kappa shape index (κ3) is 14.4. The summed E-state index contributed by atoms with van der Waals surface area (Å²) in [7, 11) is -5.05. The Labute approximate surface area is 505 Å². The van der Waals surface area contributed by atoms with Crippen LogP contribution in [0.1, 0.15) is 122 Å². The number of thiazole rings is 1. The Morgan fingerprint density at radius 2 is 1.66 bits per heavy atom. The number of nitrogens with two attached hydrogens (primary N) is 1. The quantitative estimate of drug-likeness (QED) is 0.0262. The monoisotopic (exact) mass is 1240 g/mol. The Balaban J connectivity index is 0.802. The highest BCUT2D eigenvalue weighted by atomic mass is 35.5. The first kappa shape index (κ1) is 63.2. The number of anilines is 1. The van der Waals surface area contributed by atoms with Crippen molar-refractivity contribution >= 4 is 88.1 Å². The number of aryl methyl sites for hydroxylation is 3. The lowest BCUT2D eigenvalue weighted by molar-refractivity contribution is -0.144. The van der Waals surface area contributed by atoms with Gasteiger partial charge in [0.2, 0.25) is 35.4 Å². The fourth-order valence-corrected chi connectivity index (χ4v) is 13.0. The lowest BCUT2D eigenvalue weighted by atomic mass is 9.85. The van der Waals surface area contributed by atoms with Gasteiger partial charge in [-0.05, 0) is 110 Å². The van der Waals surface area contributed by atoms with Gasteiger partial charge in [0.05, 0.1) is 56.7 Å². The lowest BCUT2D eigenvalue weighted by Crippen LogP contribution is -2.57. The summed E-state index contributed by atoms with van der Waals surface area (Å²) in [6.45, 7) is 9.01. The fraction of sp³-hybridized carbons (Fsp3) is 0.410. The van der Waals surface area contributed by atoms with Gasteiger partial charge in [0.15, 0.2) is 0 Å². The van der Waals surface area contributed by atoms with E-state index in [9.17, 15) is 58.1 Å². The van der Waals surface area contributed by atoms with Crippen LogP contribution >= 0.6 is 30.5 Å². The number of aromatic nitrogens is 2. The number of ether oxygens (including phenoxy) is 1. The molecule has 0 saturated carbocycles. The number of halogens is 1. The van der Waals surface area contributed by atoms with Crippen molar-refractivity contribution in [2.24, 2.45) is 11.1 Å². The predicted molar refractivity (Wildman–Crippen MR) is 323 cm³/mol. The van der Waals surface area contributed by atoms with Crippen molar-refractivity contribution in [3.63, 3.8) is 0 Å². The second-order valence-corrected chi connectivity index (χ2v) is 26.1. The van der Waals surface area contributed by atoms with Gasteiger partial charge in [0.1, 0.15) is 36.7 Å². The third-order valence-electron chi connectivity index (χ3n) is 16.0. The van der Waals surface area contributed by atoms with Gasteiger partial charge in [-0.25, -0.2) is 4.98 Å². The number of hydrogen-bond acceptors (Lipinski definition) is 14. The highest BCUT2D eigenvalue weighted by Gasteiger charge is 2.46. The van der Waals surface area contributed by atoms with Crippen LogP contribution in [0.3, 0.4) is 0 Å². The molecule has 4 aromatic carbocycles. The predicted octanol–water partition coefficient (Wildman–Crippen LogP) is 5.95. The van der Waals surface area contributed by atoms with Crippen LogP contribution in [0, 0.1) is 12.3 Å². The molecule has 25 heteroatoms. The second kappa shape index (κ2) is 26.3. The van der Waals surface area contributed by atoms with Crippen molar-refractivity contribution in [1.29, 1.82) is 0 Å². The topological polar surface area (TPSA) is 336 Å². The molecule has 1 unspecified atom stereocenters. The summed E-state index contributed by atoms with van der Waals surface area (Å²) in [5.41, 5.74) is 11.4. The molecule has 1 saturated heterocycles. The van der Waals surface area contributed by atoms with E-state index in [4.69, 9.17) is 22.1 Å². The molecule has 6 amide bonds. The fourth-order valence-electron chi connectivity index (χ4n) is 11.4. The van der Waals surface area contributed by atoms with Gasteiger partial charge in [0.25, 0.3) is 5.52 Å². The summed E-state index contributed by atoms with van der Waals surface area (Å²) in [5, 5.41) is 34.8. The smallest absolute Gasteiger partial charge is 0.396 e. The van der Waals surface area contributed by atoms with Crippen LogP contribution in [0.4, 0.5) is 5.69 Å². The summed E-state index contributed by atoms with van der Waals surface area (Å²) in [6, 6.07) is 18.8. The molecule has 3 aliphatic heterocycles. The maximum absolute atomic E-state index is 14.6. The minimum atomic E-state index is -5.05. The highest BCUT2D eigenvalue weighted by molar-refractivity contribution is 7.70. The van der Waals surface area contributed by atoms with Crippen molar-refractivity contribution in [3.8, 4) is 16.2 Å². The number of H-pyrrole nitrogens is 1. The molecule has 0 bridgehead atoms. The summed E-state index contributed by atoms with van der Waals surface area (Å²) in [5.74, 6) is -2.65. The number of para-hydroxylation sites is 1. The molecule has 6 aromatic rings. The Kier molecular flexibility index (Phi) is 19.3. The van der Waals surface area contributed by atoms with Gasteiger partial charge in [-0.3, -0.25) is 48.3 Å². The van der Waals surface area contributed by atoms with Crippen LogP contribution in [0.2, 0.25) is 5.02 Å². The first-order valence-electron chi connectivity index (χ1n) is 28.4. The largest absolute Gasteiger partial charge is 0.490 e. The highest BCUT2D eigenvalue weighted by Crippen LogP contribution is 2.42. The molecule has 11 N–H and O–H groups in total. The van der Waals surface area contributed by atoms with Gasteiger partial charge in [-0.1, -0.05) is 87.0 Å². The third-order valence-corrected chi connectivity index (χ3v) is 18.2. The van der Waals surface area contributed by atoms with E-state index in [1.807, 2.05) is 77.1 Å². The number of nitrogens with one attached hydrogen (secondary N) is 5. The maximum Gasteiger partial charge on any atom is 0.396 e. The van der Waals surface area contributed by atoms with Crippen LogP contribution in [0.15, 0.2) is 90.4 Å². The first-order valence-corrected chi connectivity index (χ1v) is 31.3.